The van der Waals surface area contributed by atoms with Crippen LogP contribution in [0.15, 0.2) is 22.9 Å². The van der Waals surface area contributed by atoms with Crippen LogP contribution in [0.25, 0.3) is 0 Å². The summed E-state index contributed by atoms with van der Waals surface area (Å²) >= 11 is 3.16. The van der Waals surface area contributed by atoms with Crippen molar-refractivity contribution in [3.63, 3.8) is 0 Å². The van der Waals surface area contributed by atoms with Gasteiger partial charge in [0.2, 0.25) is 0 Å². The summed E-state index contributed by atoms with van der Waals surface area (Å²) in [6.07, 6.45) is 3.33. The highest BCUT2D eigenvalue weighted by Gasteiger charge is 2.45. The third kappa shape index (κ3) is 2.17. The molecule has 1 saturated carbocycles. The highest BCUT2D eigenvalue weighted by atomic mass is 79.9. The number of carbonyl (C=O) groups excluding carboxylic acids is 1. The SMILES string of the molecule is O=C(NC1(C(=O)O)CCC1)c1cccnc1Br. The van der Waals surface area contributed by atoms with Gasteiger partial charge in [-0.3, -0.25) is 4.79 Å². The number of carboxylic acids is 1. The number of hydrogen-bond acceptors (Lipinski definition) is 3. The third-order valence-electron chi connectivity index (χ3n) is 2.97. The van der Waals surface area contributed by atoms with Crippen LogP contribution in [-0.4, -0.2) is 27.5 Å². The summed E-state index contributed by atoms with van der Waals surface area (Å²) in [4.78, 5) is 27.0. The molecule has 0 saturated heterocycles. The molecule has 2 N–H and O–H groups in total. The Morgan fingerprint density at radius 2 is 2.18 bits per heavy atom. The minimum atomic E-state index is -1.09. The topological polar surface area (TPSA) is 79.3 Å². The molecule has 1 aromatic rings. The number of rotatable bonds is 3. The monoisotopic (exact) mass is 298 g/mol. The second-order valence-corrected chi connectivity index (χ2v) is 4.79. The lowest BCUT2D eigenvalue weighted by Gasteiger charge is -2.38. The van der Waals surface area contributed by atoms with E-state index in [-0.39, 0.29) is 0 Å². The normalized spacial score (nSPS) is 17.0. The molecule has 0 unspecified atom stereocenters. The molecule has 1 amide bonds. The molecule has 1 aliphatic carbocycles. The smallest absolute Gasteiger partial charge is 0.329 e. The number of carbonyl (C=O) groups is 2. The average Bonchev–Trinajstić information content (AvgIpc) is 2.23. The van der Waals surface area contributed by atoms with Crippen LogP contribution in [-0.2, 0) is 4.79 Å². The zero-order valence-electron chi connectivity index (χ0n) is 8.94. The maximum atomic E-state index is 11.9. The van der Waals surface area contributed by atoms with E-state index in [1.165, 1.54) is 0 Å². The van der Waals surface area contributed by atoms with Crippen molar-refractivity contribution in [2.45, 2.75) is 24.8 Å². The Morgan fingerprint density at radius 3 is 2.65 bits per heavy atom. The predicted octanol–water partition coefficient (Wildman–Crippen LogP) is 1.58. The van der Waals surface area contributed by atoms with Gasteiger partial charge in [0.05, 0.1) is 5.56 Å². The summed E-state index contributed by atoms with van der Waals surface area (Å²) < 4.78 is 0.414. The van der Waals surface area contributed by atoms with Crippen LogP contribution in [0, 0.1) is 0 Å². The minimum absolute atomic E-state index is 0.347. The molecule has 17 heavy (non-hydrogen) atoms. The van der Waals surface area contributed by atoms with Crippen molar-refractivity contribution >= 4 is 27.8 Å². The Bertz CT molecular complexity index is 472. The number of nitrogens with one attached hydrogen (secondary N) is 1. The quantitative estimate of drug-likeness (QED) is 0.831. The Labute approximate surface area is 106 Å². The lowest BCUT2D eigenvalue weighted by Crippen LogP contribution is -2.59. The molecule has 0 bridgehead atoms. The lowest BCUT2D eigenvalue weighted by molar-refractivity contribution is -0.148. The van der Waals surface area contributed by atoms with Gasteiger partial charge in [-0.25, -0.2) is 9.78 Å². The number of hydrogen-bond donors (Lipinski definition) is 2. The van der Waals surface area contributed by atoms with E-state index < -0.39 is 17.4 Å². The Balaban J connectivity index is 2.17. The first-order valence-corrected chi connectivity index (χ1v) is 6.01. The summed E-state index contributed by atoms with van der Waals surface area (Å²) in [5.74, 6) is -1.39. The third-order valence-corrected chi connectivity index (χ3v) is 3.60. The molecule has 0 atom stereocenters. The van der Waals surface area contributed by atoms with E-state index >= 15 is 0 Å². The fourth-order valence-corrected chi connectivity index (χ4v) is 2.19. The van der Waals surface area contributed by atoms with Gasteiger partial charge in [0, 0.05) is 6.20 Å². The van der Waals surface area contributed by atoms with Crippen molar-refractivity contribution < 1.29 is 14.7 Å². The second kappa shape index (κ2) is 4.44. The number of aliphatic carboxylic acids is 1. The van der Waals surface area contributed by atoms with E-state index in [2.05, 4.69) is 26.2 Å². The van der Waals surface area contributed by atoms with Gasteiger partial charge in [-0.05, 0) is 47.3 Å². The van der Waals surface area contributed by atoms with E-state index in [4.69, 9.17) is 5.11 Å². The Morgan fingerprint density at radius 1 is 1.47 bits per heavy atom. The molecule has 1 aromatic heterocycles. The standard InChI is InChI=1S/C11H11BrN2O3/c12-8-7(3-1-6-13-8)9(15)14-11(10(16)17)4-2-5-11/h1,3,6H,2,4-5H2,(H,14,15)(H,16,17). The van der Waals surface area contributed by atoms with Crippen LogP contribution in [0.1, 0.15) is 29.6 Å². The number of carboxylic acid groups (broad SMARTS) is 1. The zero-order chi connectivity index (χ0) is 12.5. The van der Waals surface area contributed by atoms with Gasteiger partial charge >= 0.3 is 5.97 Å². The molecule has 5 nitrogen and oxygen atoms in total. The summed E-state index contributed by atoms with van der Waals surface area (Å²) in [5, 5.41) is 11.7. The molecule has 0 aliphatic heterocycles. The van der Waals surface area contributed by atoms with Crippen molar-refractivity contribution in [2.75, 3.05) is 0 Å². The molecule has 1 heterocycles. The molecule has 1 aliphatic rings. The van der Waals surface area contributed by atoms with Crippen LogP contribution in [0.4, 0.5) is 0 Å². The molecule has 1 fully saturated rings. The van der Waals surface area contributed by atoms with E-state index in [9.17, 15) is 9.59 Å². The Kier molecular flexibility index (Phi) is 3.15. The molecule has 0 radical (unpaired) electrons. The summed E-state index contributed by atoms with van der Waals surface area (Å²) in [6, 6.07) is 3.23. The first-order chi connectivity index (χ1) is 8.05. The first-order valence-electron chi connectivity index (χ1n) is 5.22. The maximum absolute atomic E-state index is 11.9. The molecule has 6 heteroatoms. The van der Waals surface area contributed by atoms with Crippen molar-refractivity contribution in [2.24, 2.45) is 0 Å². The highest BCUT2D eigenvalue weighted by molar-refractivity contribution is 9.10. The number of halogens is 1. The highest BCUT2D eigenvalue weighted by Crippen LogP contribution is 2.32. The van der Waals surface area contributed by atoms with Crippen molar-refractivity contribution in [1.29, 1.82) is 0 Å². The van der Waals surface area contributed by atoms with Gasteiger partial charge in [-0.1, -0.05) is 0 Å². The number of pyridine rings is 1. The second-order valence-electron chi connectivity index (χ2n) is 4.04. The number of nitrogens with zero attached hydrogens (tertiary/aromatic N) is 1. The molecular formula is C11H11BrN2O3. The molecule has 2 rings (SSSR count). The summed E-state index contributed by atoms with van der Waals surface area (Å²) in [5.41, 5.74) is -0.744. The van der Waals surface area contributed by atoms with Crippen molar-refractivity contribution in [3.05, 3.63) is 28.5 Å². The van der Waals surface area contributed by atoms with E-state index in [0.717, 1.165) is 6.42 Å². The van der Waals surface area contributed by atoms with Crippen LogP contribution >= 0.6 is 15.9 Å². The largest absolute Gasteiger partial charge is 0.480 e. The average molecular weight is 299 g/mol. The van der Waals surface area contributed by atoms with Crippen LogP contribution < -0.4 is 5.32 Å². The van der Waals surface area contributed by atoms with Crippen molar-refractivity contribution in [1.82, 2.24) is 10.3 Å². The first kappa shape index (κ1) is 12.0. The summed E-state index contributed by atoms with van der Waals surface area (Å²) in [7, 11) is 0. The fourth-order valence-electron chi connectivity index (χ4n) is 1.76. The van der Waals surface area contributed by atoms with E-state index in [1.807, 2.05) is 0 Å². The molecular weight excluding hydrogens is 288 g/mol. The van der Waals surface area contributed by atoms with Gasteiger partial charge < -0.3 is 10.4 Å². The van der Waals surface area contributed by atoms with Crippen LogP contribution in [0.2, 0.25) is 0 Å². The van der Waals surface area contributed by atoms with Gasteiger partial charge in [0.25, 0.3) is 5.91 Å². The molecule has 0 spiro atoms. The minimum Gasteiger partial charge on any atom is -0.480 e. The van der Waals surface area contributed by atoms with E-state index in [1.54, 1.807) is 18.3 Å². The predicted molar refractivity (Wildman–Crippen MR) is 63.6 cm³/mol. The van der Waals surface area contributed by atoms with Gasteiger partial charge in [-0.15, -0.1) is 0 Å². The van der Waals surface area contributed by atoms with Crippen LogP contribution in [0.3, 0.4) is 0 Å². The van der Waals surface area contributed by atoms with Crippen LogP contribution in [0.5, 0.6) is 0 Å². The number of aromatic nitrogens is 1. The van der Waals surface area contributed by atoms with Gasteiger partial charge in [0.1, 0.15) is 10.1 Å². The van der Waals surface area contributed by atoms with Gasteiger partial charge in [-0.2, -0.15) is 0 Å². The fraction of sp³-hybridized carbons (Fsp3) is 0.364. The number of amides is 1. The molecule has 90 valence electrons. The maximum Gasteiger partial charge on any atom is 0.329 e. The zero-order valence-corrected chi connectivity index (χ0v) is 10.5. The lowest BCUT2D eigenvalue weighted by atomic mass is 9.76. The van der Waals surface area contributed by atoms with E-state index in [0.29, 0.717) is 23.0 Å². The summed E-state index contributed by atoms with van der Waals surface area (Å²) in [6.45, 7) is 0. The van der Waals surface area contributed by atoms with Gasteiger partial charge in [0.15, 0.2) is 0 Å². The Hall–Kier alpha value is -1.43. The van der Waals surface area contributed by atoms with Crippen molar-refractivity contribution in [3.8, 4) is 0 Å². The molecule has 0 aromatic carbocycles.